The third-order valence-electron chi connectivity index (χ3n) is 4.76. The van der Waals surface area contributed by atoms with E-state index in [0.717, 1.165) is 26.9 Å². The summed E-state index contributed by atoms with van der Waals surface area (Å²) in [5.74, 6) is 0.817. The van der Waals surface area contributed by atoms with Crippen LogP contribution in [0.1, 0.15) is 0 Å². The van der Waals surface area contributed by atoms with Crippen LogP contribution in [0.2, 0.25) is 0 Å². The van der Waals surface area contributed by atoms with Gasteiger partial charge in [0.2, 0.25) is 0 Å². The predicted molar refractivity (Wildman–Crippen MR) is 115 cm³/mol. The predicted octanol–water partition coefficient (Wildman–Crippen LogP) is 5.04. The fourth-order valence-corrected chi connectivity index (χ4v) is 3.80. The van der Waals surface area contributed by atoms with E-state index in [1.807, 2.05) is 36.4 Å². The largest absolute Gasteiger partial charge is 0.497 e. The summed E-state index contributed by atoms with van der Waals surface area (Å²) in [6, 6.07) is 22.3. The van der Waals surface area contributed by atoms with Crippen LogP contribution in [0.25, 0.3) is 21.8 Å². The Hall–Kier alpha value is -2.50. The minimum atomic E-state index is -0.519. The van der Waals surface area contributed by atoms with Crippen LogP contribution in [-0.2, 0) is 6.54 Å². The van der Waals surface area contributed by atoms with Gasteiger partial charge in [-0.2, -0.15) is 0 Å². The second-order valence-corrected chi connectivity index (χ2v) is 7.47. The van der Waals surface area contributed by atoms with E-state index < -0.39 is 6.10 Å². The Labute approximate surface area is 166 Å². The fourth-order valence-electron chi connectivity index (χ4n) is 3.44. The number of nitrogens with one attached hydrogen (secondary N) is 1. The van der Waals surface area contributed by atoms with Gasteiger partial charge in [0.15, 0.2) is 0 Å². The molecule has 2 N–H and O–H groups in total. The standard InChI is InChI=1S/C22H21BrN2O2/c1-27-18-9-7-16(8-10-18)24-13-17(26)14-25-21-5-3-2-4-19(21)20-12-15(23)6-11-22(20)25/h2-12,17,24,26H,13-14H2,1H3. The molecule has 0 aliphatic carbocycles. The molecule has 0 bridgehead atoms. The first-order chi connectivity index (χ1) is 13.2. The highest BCUT2D eigenvalue weighted by Gasteiger charge is 2.14. The molecule has 138 valence electrons. The molecule has 0 saturated carbocycles. The molecule has 4 nitrogen and oxygen atoms in total. The van der Waals surface area contributed by atoms with E-state index in [1.165, 1.54) is 10.8 Å². The quantitative estimate of drug-likeness (QED) is 0.455. The monoisotopic (exact) mass is 424 g/mol. The molecular weight excluding hydrogens is 404 g/mol. The normalized spacial score (nSPS) is 12.4. The third-order valence-corrected chi connectivity index (χ3v) is 5.25. The molecule has 1 unspecified atom stereocenters. The van der Waals surface area contributed by atoms with Crippen LogP contribution in [-0.4, -0.2) is 29.4 Å². The molecule has 0 amide bonds. The summed E-state index contributed by atoms with van der Waals surface area (Å²) in [6.45, 7) is 0.992. The minimum Gasteiger partial charge on any atom is -0.497 e. The number of aromatic nitrogens is 1. The van der Waals surface area contributed by atoms with E-state index in [4.69, 9.17) is 4.74 Å². The first kappa shape index (κ1) is 17.9. The fraction of sp³-hybridized carbons (Fsp3) is 0.182. The molecular formula is C22H21BrN2O2. The SMILES string of the molecule is COc1ccc(NCC(O)Cn2c3ccccc3c3cc(Br)ccc32)cc1. The van der Waals surface area contributed by atoms with Crippen LogP contribution in [0.3, 0.4) is 0 Å². The third kappa shape index (κ3) is 3.66. The number of benzene rings is 3. The zero-order valence-corrected chi connectivity index (χ0v) is 16.6. The van der Waals surface area contributed by atoms with Crippen molar-refractivity contribution in [2.24, 2.45) is 0 Å². The van der Waals surface area contributed by atoms with Crippen molar-refractivity contribution in [3.8, 4) is 5.75 Å². The number of methoxy groups -OCH3 is 1. The van der Waals surface area contributed by atoms with Gasteiger partial charge in [-0.15, -0.1) is 0 Å². The average molecular weight is 425 g/mol. The van der Waals surface area contributed by atoms with Crippen LogP contribution in [0.5, 0.6) is 5.75 Å². The maximum Gasteiger partial charge on any atom is 0.119 e. The molecule has 0 saturated heterocycles. The molecule has 5 heteroatoms. The minimum absolute atomic E-state index is 0.469. The Morgan fingerprint density at radius 2 is 1.74 bits per heavy atom. The summed E-state index contributed by atoms with van der Waals surface area (Å²) < 4.78 is 8.42. The number of aliphatic hydroxyl groups excluding tert-OH is 1. The molecule has 4 aromatic rings. The van der Waals surface area contributed by atoms with Crippen molar-refractivity contribution in [3.63, 3.8) is 0 Å². The van der Waals surface area contributed by atoms with Gasteiger partial charge < -0.3 is 19.7 Å². The smallest absolute Gasteiger partial charge is 0.119 e. The number of anilines is 1. The second kappa shape index (κ2) is 7.62. The lowest BCUT2D eigenvalue weighted by molar-refractivity contribution is 0.169. The molecule has 1 atom stereocenters. The number of hydrogen-bond donors (Lipinski definition) is 2. The lowest BCUT2D eigenvalue weighted by Crippen LogP contribution is -2.24. The molecule has 1 aromatic heterocycles. The van der Waals surface area contributed by atoms with Gasteiger partial charge in [-0.1, -0.05) is 34.1 Å². The average Bonchev–Trinajstić information content (AvgIpc) is 3.00. The Morgan fingerprint density at radius 1 is 1.00 bits per heavy atom. The van der Waals surface area contributed by atoms with Crippen molar-refractivity contribution in [2.45, 2.75) is 12.6 Å². The van der Waals surface area contributed by atoms with Gasteiger partial charge in [0.25, 0.3) is 0 Å². The lowest BCUT2D eigenvalue weighted by Gasteiger charge is -2.16. The Kier molecular flexibility index (Phi) is 5.05. The van der Waals surface area contributed by atoms with Crippen molar-refractivity contribution in [2.75, 3.05) is 19.0 Å². The molecule has 0 aliphatic heterocycles. The van der Waals surface area contributed by atoms with E-state index in [-0.39, 0.29) is 0 Å². The van der Waals surface area contributed by atoms with Crippen molar-refractivity contribution in [3.05, 3.63) is 71.2 Å². The number of nitrogens with zero attached hydrogens (tertiary/aromatic N) is 1. The summed E-state index contributed by atoms with van der Waals surface area (Å²) in [5, 5.41) is 16.3. The number of para-hydroxylation sites is 1. The molecule has 1 heterocycles. The van der Waals surface area contributed by atoms with E-state index >= 15 is 0 Å². The maximum atomic E-state index is 10.6. The zero-order chi connectivity index (χ0) is 18.8. The van der Waals surface area contributed by atoms with Crippen LogP contribution in [0, 0.1) is 0 Å². The summed E-state index contributed by atoms with van der Waals surface area (Å²) in [6.07, 6.45) is -0.519. The van der Waals surface area contributed by atoms with E-state index in [1.54, 1.807) is 7.11 Å². The van der Waals surface area contributed by atoms with Gasteiger partial charge in [0, 0.05) is 38.5 Å². The Morgan fingerprint density at radius 3 is 2.52 bits per heavy atom. The highest BCUT2D eigenvalue weighted by Crippen LogP contribution is 2.31. The van der Waals surface area contributed by atoms with Crippen LogP contribution in [0.15, 0.2) is 71.2 Å². The van der Waals surface area contributed by atoms with Gasteiger partial charge >= 0.3 is 0 Å². The van der Waals surface area contributed by atoms with E-state index in [2.05, 4.69) is 56.1 Å². The molecule has 0 spiro atoms. The van der Waals surface area contributed by atoms with Gasteiger partial charge in [0.05, 0.1) is 19.8 Å². The first-order valence-corrected chi connectivity index (χ1v) is 9.67. The zero-order valence-electron chi connectivity index (χ0n) is 15.0. The molecule has 0 radical (unpaired) electrons. The van der Waals surface area contributed by atoms with Crippen molar-refractivity contribution < 1.29 is 9.84 Å². The van der Waals surface area contributed by atoms with Gasteiger partial charge in [-0.3, -0.25) is 0 Å². The maximum absolute atomic E-state index is 10.6. The molecule has 4 rings (SSSR count). The Balaban J connectivity index is 1.56. The van der Waals surface area contributed by atoms with Crippen LogP contribution in [0.4, 0.5) is 5.69 Å². The second-order valence-electron chi connectivity index (χ2n) is 6.55. The van der Waals surface area contributed by atoms with E-state index in [0.29, 0.717) is 13.1 Å². The topological polar surface area (TPSA) is 46.4 Å². The summed E-state index contributed by atoms with van der Waals surface area (Å²) >= 11 is 3.56. The lowest BCUT2D eigenvalue weighted by atomic mass is 10.2. The van der Waals surface area contributed by atoms with Crippen LogP contribution < -0.4 is 10.1 Å². The highest BCUT2D eigenvalue weighted by molar-refractivity contribution is 9.10. The summed E-state index contributed by atoms with van der Waals surface area (Å²) in [5.41, 5.74) is 3.22. The van der Waals surface area contributed by atoms with Crippen molar-refractivity contribution in [1.29, 1.82) is 0 Å². The molecule has 0 fully saturated rings. The molecule has 3 aromatic carbocycles. The summed E-state index contributed by atoms with van der Waals surface area (Å²) in [4.78, 5) is 0. The number of fused-ring (bicyclic) bond motifs is 3. The number of ether oxygens (including phenoxy) is 1. The molecule has 27 heavy (non-hydrogen) atoms. The number of aliphatic hydroxyl groups is 1. The molecule has 0 aliphatic rings. The number of rotatable bonds is 6. The number of halogens is 1. The summed E-state index contributed by atoms with van der Waals surface area (Å²) in [7, 11) is 1.65. The first-order valence-electron chi connectivity index (χ1n) is 8.88. The van der Waals surface area contributed by atoms with Gasteiger partial charge in [-0.25, -0.2) is 0 Å². The van der Waals surface area contributed by atoms with Crippen molar-refractivity contribution >= 4 is 43.4 Å². The van der Waals surface area contributed by atoms with Gasteiger partial charge in [-0.05, 0) is 48.5 Å². The van der Waals surface area contributed by atoms with Crippen molar-refractivity contribution in [1.82, 2.24) is 4.57 Å². The Bertz CT molecular complexity index is 1070. The van der Waals surface area contributed by atoms with Gasteiger partial charge in [0.1, 0.15) is 5.75 Å². The van der Waals surface area contributed by atoms with E-state index in [9.17, 15) is 5.11 Å². The van der Waals surface area contributed by atoms with Crippen LogP contribution >= 0.6 is 15.9 Å². The number of hydrogen-bond acceptors (Lipinski definition) is 3. The highest BCUT2D eigenvalue weighted by atomic mass is 79.9.